The van der Waals surface area contributed by atoms with Gasteiger partial charge in [-0.3, -0.25) is 4.79 Å². The molecule has 0 fully saturated rings. The van der Waals surface area contributed by atoms with Crippen molar-refractivity contribution in [3.8, 4) is 0 Å². The number of thioether (sulfide) groups is 1. The number of aryl methyl sites for hydroxylation is 2. The highest BCUT2D eigenvalue weighted by Crippen LogP contribution is 2.23. The zero-order chi connectivity index (χ0) is 16.4. The third-order valence-electron chi connectivity index (χ3n) is 3.58. The zero-order valence-electron chi connectivity index (χ0n) is 13.4. The lowest BCUT2D eigenvalue weighted by molar-refractivity contribution is 0.0995. The maximum absolute atomic E-state index is 12.6. The van der Waals surface area contributed by atoms with Gasteiger partial charge in [0.2, 0.25) is 0 Å². The standard InChI is InChI=1S/C18H18N2OS2/c1-4-22-15-8-6-5-7-13(15)17(21)19-18-20(3)14-10-9-12(2)11-16(14)23-18/h5-11H,4H2,1-3H3. The molecule has 0 saturated carbocycles. The number of thiazole rings is 1. The molecule has 0 aliphatic carbocycles. The number of hydrogen-bond donors (Lipinski definition) is 0. The van der Waals surface area contributed by atoms with Crippen LogP contribution in [0.2, 0.25) is 0 Å². The summed E-state index contributed by atoms with van der Waals surface area (Å²) in [6.07, 6.45) is 0. The number of fused-ring (bicyclic) bond motifs is 1. The Morgan fingerprint density at radius 2 is 2.04 bits per heavy atom. The Bertz CT molecular complexity index is 938. The molecule has 0 unspecified atom stereocenters. The second-order valence-electron chi connectivity index (χ2n) is 5.26. The van der Waals surface area contributed by atoms with Crippen molar-refractivity contribution >= 4 is 39.2 Å². The second kappa shape index (κ2) is 6.72. The van der Waals surface area contributed by atoms with Crippen LogP contribution in [0, 0.1) is 6.92 Å². The molecule has 3 aromatic rings. The summed E-state index contributed by atoms with van der Waals surface area (Å²) in [5, 5.41) is 0. The summed E-state index contributed by atoms with van der Waals surface area (Å²) in [5.74, 6) is 0.751. The summed E-state index contributed by atoms with van der Waals surface area (Å²) in [6.45, 7) is 4.15. The van der Waals surface area contributed by atoms with Gasteiger partial charge in [0.1, 0.15) is 0 Å². The normalized spacial score (nSPS) is 12.0. The van der Waals surface area contributed by atoms with Crippen molar-refractivity contribution in [2.24, 2.45) is 12.0 Å². The molecule has 1 heterocycles. The number of aromatic nitrogens is 1. The molecular weight excluding hydrogens is 324 g/mol. The van der Waals surface area contributed by atoms with E-state index in [1.54, 1.807) is 23.1 Å². The quantitative estimate of drug-likeness (QED) is 0.661. The first-order chi connectivity index (χ1) is 11.1. The monoisotopic (exact) mass is 342 g/mol. The van der Waals surface area contributed by atoms with Gasteiger partial charge in [-0.2, -0.15) is 4.99 Å². The molecule has 0 radical (unpaired) electrons. The van der Waals surface area contributed by atoms with Gasteiger partial charge in [0, 0.05) is 11.9 Å². The van der Waals surface area contributed by atoms with Crippen LogP contribution in [0.25, 0.3) is 10.2 Å². The van der Waals surface area contributed by atoms with Gasteiger partial charge < -0.3 is 4.57 Å². The molecule has 0 spiro atoms. The Kier molecular flexibility index (Phi) is 4.68. The highest BCUT2D eigenvalue weighted by atomic mass is 32.2. The van der Waals surface area contributed by atoms with Gasteiger partial charge in [-0.15, -0.1) is 11.8 Å². The molecule has 0 saturated heterocycles. The van der Waals surface area contributed by atoms with Gasteiger partial charge in [-0.05, 0) is 42.5 Å². The van der Waals surface area contributed by atoms with E-state index >= 15 is 0 Å². The third-order valence-corrected chi connectivity index (χ3v) is 5.63. The van der Waals surface area contributed by atoms with Crippen LogP contribution in [-0.2, 0) is 7.05 Å². The van der Waals surface area contributed by atoms with Crippen LogP contribution >= 0.6 is 23.1 Å². The molecule has 1 amide bonds. The van der Waals surface area contributed by atoms with E-state index in [-0.39, 0.29) is 5.91 Å². The van der Waals surface area contributed by atoms with E-state index < -0.39 is 0 Å². The van der Waals surface area contributed by atoms with Crippen LogP contribution in [0.4, 0.5) is 0 Å². The summed E-state index contributed by atoms with van der Waals surface area (Å²) in [5.41, 5.74) is 2.98. The largest absolute Gasteiger partial charge is 0.319 e. The number of amides is 1. The zero-order valence-corrected chi connectivity index (χ0v) is 15.0. The molecule has 0 bridgehead atoms. The molecule has 2 aromatic carbocycles. The minimum Gasteiger partial charge on any atom is -0.319 e. The van der Waals surface area contributed by atoms with E-state index in [1.807, 2.05) is 35.9 Å². The molecule has 0 N–H and O–H groups in total. The van der Waals surface area contributed by atoms with Crippen LogP contribution < -0.4 is 4.80 Å². The van der Waals surface area contributed by atoms with E-state index in [0.717, 1.165) is 25.7 Å². The molecule has 0 aliphatic heterocycles. The number of hydrogen-bond acceptors (Lipinski definition) is 3. The Morgan fingerprint density at radius 1 is 1.26 bits per heavy atom. The van der Waals surface area contributed by atoms with Gasteiger partial charge in [-0.1, -0.05) is 36.5 Å². The minimum absolute atomic E-state index is 0.180. The van der Waals surface area contributed by atoms with Crippen molar-refractivity contribution in [1.29, 1.82) is 0 Å². The fraction of sp³-hybridized carbons (Fsp3) is 0.222. The first-order valence-corrected chi connectivity index (χ1v) is 9.27. The van der Waals surface area contributed by atoms with Crippen LogP contribution in [-0.4, -0.2) is 16.2 Å². The van der Waals surface area contributed by atoms with Crippen molar-refractivity contribution in [1.82, 2.24) is 4.57 Å². The summed E-state index contributed by atoms with van der Waals surface area (Å²) in [4.78, 5) is 18.7. The number of carbonyl (C=O) groups is 1. The molecule has 1 aromatic heterocycles. The second-order valence-corrected chi connectivity index (χ2v) is 7.58. The summed E-state index contributed by atoms with van der Waals surface area (Å²) in [7, 11) is 1.95. The lowest BCUT2D eigenvalue weighted by atomic mass is 10.2. The van der Waals surface area contributed by atoms with E-state index in [4.69, 9.17) is 0 Å². The lowest BCUT2D eigenvalue weighted by Gasteiger charge is -2.03. The van der Waals surface area contributed by atoms with Crippen molar-refractivity contribution in [3.63, 3.8) is 0 Å². The maximum Gasteiger partial charge on any atom is 0.280 e. The topological polar surface area (TPSA) is 34.4 Å². The Labute approximate surface area is 143 Å². The number of carbonyl (C=O) groups excluding carboxylic acids is 1. The number of rotatable bonds is 3. The average molecular weight is 342 g/mol. The number of nitrogens with zero attached hydrogens (tertiary/aromatic N) is 2. The number of benzene rings is 2. The van der Waals surface area contributed by atoms with E-state index in [9.17, 15) is 4.79 Å². The fourth-order valence-electron chi connectivity index (χ4n) is 2.42. The first kappa shape index (κ1) is 16.0. The molecule has 3 nitrogen and oxygen atoms in total. The lowest BCUT2D eigenvalue weighted by Crippen LogP contribution is -2.13. The highest BCUT2D eigenvalue weighted by Gasteiger charge is 2.11. The fourth-order valence-corrected chi connectivity index (χ4v) is 4.33. The molecule has 0 atom stereocenters. The third kappa shape index (κ3) is 3.26. The van der Waals surface area contributed by atoms with Gasteiger partial charge >= 0.3 is 0 Å². The van der Waals surface area contributed by atoms with Gasteiger partial charge in [0.15, 0.2) is 4.80 Å². The predicted molar refractivity (Wildman–Crippen MR) is 98.3 cm³/mol. The molecule has 23 heavy (non-hydrogen) atoms. The predicted octanol–water partition coefficient (Wildman–Crippen LogP) is 4.40. The van der Waals surface area contributed by atoms with Gasteiger partial charge in [0.25, 0.3) is 5.91 Å². The Balaban J connectivity index is 2.08. The van der Waals surface area contributed by atoms with Gasteiger partial charge in [-0.25, -0.2) is 0 Å². The van der Waals surface area contributed by atoms with E-state index in [1.165, 1.54) is 5.56 Å². The average Bonchev–Trinajstić information content (AvgIpc) is 2.83. The van der Waals surface area contributed by atoms with Crippen molar-refractivity contribution in [2.75, 3.05) is 5.75 Å². The van der Waals surface area contributed by atoms with E-state index in [2.05, 4.69) is 37.0 Å². The Morgan fingerprint density at radius 3 is 2.83 bits per heavy atom. The Hall–Kier alpha value is -1.85. The van der Waals surface area contributed by atoms with Crippen LogP contribution in [0.1, 0.15) is 22.8 Å². The van der Waals surface area contributed by atoms with Crippen LogP contribution in [0.3, 0.4) is 0 Å². The van der Waals surface area contributed by atoms with Crippen molar-refractivity contribution in [3.05, 3.63) is 58.4 Å². The van der Waals surface area contributed by atoms with Gasteiger partial charge in [0.05, 0.1) is 15.8 Å². The highest BCUT2D eigenvalue weighted by molar-refractivity contribution is 7.99. The van der Waals surface area contributed by atoms with Crippen LogP contribution in [0.15, 0.2) is 52.4 Å². The SMILES string of the molecule is CCSc1ccccc1C(=O)N=c1sc2cc(C)ccc2n1C. The molecule has 3 rings (SSSR count). The molecule has 5 heteroatoms. The van der Waals surface area contributed by atoms with Crippen molar-refractivity contribution < 1.29 is 4.79 Å². The maximum atomic E-state index is 12.6. The first-order valence-electron chi connectivity index (χ1n) is 7.47. The molecule has 0 aliphatic rings. The van der Waals surface area contributed by atoms with Crippen molar-refractivity contribution in [2.45, 2.75) is 18.7 Å². The molecule has 118 valence electrons. The smallest absolute Gasteiger partial charge is 0.280 e. The van der Waals surface area contributed by atoms with E-state index in [0.29, 0.717) is 5.56 Å². The van der Waals surface area contributed by atoms with Crippen LogP contribution in [0.5, 0.6) is 0 Å². The summed E-state index contributed by atoms with van der Waals surface area (Å²) < 4.78 is 3.13. The molecular formula is C18H18N2OS2. The summed E-state index contributed by atoms with van der Waals surface area (Å²) in [6, 6.07) is 13.9. The minimum atomic E-state index is -0.180. The summed E-state index contributed by atoms with van der Waals surface area (Å²) >= 11 is 3.22.